The highest BCUT2D eigenvalue weighted by Crippen LogP contribution is 2.27. The highest BCUT2D eigenvalue weighted by molar-refractivity contribution is 7.18. The number of H-pyrrole nitrogens is 1. The van der Waals surface area contributed by atoms with Gasteiger partial charge in [-0.1, -0.05) is 12.1 Å². The van der Waals surface area contributed by atoms with E-state index in [1.807, 2.05) is 19.9 Å². The number of nitrogens with one attached hydrogen (secondary N) is 1. The number of hydrogen-bond acceptors (Lipinski definition) is 6. The summed E-state index contributed by atoms with van der Waals surface area (Å²) in [5.74, 6) is -0.411. The molecule has 0 aliphatic carbocycles. The zero-order valence-corrected chi connectivity index (χ0v) is 15.9. The minimum absolute atomic E-state index is 0.157. The van der Waals surface area contributed by atoms with E-state index in [1.165, 1.54) is 11.3 Å². The summed E-state index contributed by atoms with van der Waals surface area (Å²) in [6, 6.07) is 8.78. The molecular formula is C20H17N3O3S. The van der Waals surface area contributed by atoms with Gasteiger partial charge in [-0.3, -0.25) is 4.79 Å². The Bertz CT molecular complexity index is 1150. The molecule has 0 aliphatic heterocycles. The molecule has 27 heavy (non-hydrogen) atoms. The van der Waals surface area contributed by atoms with E-state index in [4.69, 9.17) is 10.00 Å². The minimum atomic E-state index is -0.575. The first-order chi connectivity index (χ1) is 12.9. The molecule has 0 atom stereocenters. The Balaban J connectivity index is 2.17. The number of carbonyl (C=O) groups is 1. The molecule has 3 rings (SSSR count). The average molecular weight is 379 g/mol. The van der Waals surface area contributed by atoms with Gasteiger partial charge in [0.05, 0.1) is 23.6 Å². The molecule has 0 amide bonds. The molecule has 0 aliphatic rings. The van der Waals surface area contributed by atoms with Crippen LogP contribution in [-0.4, -0.2) is 22.5 Å². The highest BCUT2D eigenvalue weighted by Gasteiger charge is 2.19. The molecule has 0 fully saturated rings. The normalized spacial score (nSPS) is 11.4. The van der Waals surface area contributed by atoms with Gasteiger partial charge in [0.15, 0.2) is 0 Å². The summed E-state index contributed by atoms with van der Waals surface area (Å²) in [4.78, 5) is 33.8. The summed E-state index contributed by atoms with van der Waals surface area (Å²) in [5, 5.41) is 9.46. The molecule has 0 spiro atoms. The molecule has 0 bridgehead atoms. The summed E-state index contributed by atoms with van der Waals surface area (Å²) >= 11 is 1.41. The fraction of sp³-hybridized carbons (Fsp3) is 0.200. The second-order valence-electron chi connectivity index (χ2n) is 5.89. The van der Waals surface area contributed by atoms with E-state index < -0.39 is 5.97 Å². The number of benzene rings is 1. The molecule has 7 heteroatoms. The fourth-order valence-corrected chi connectivity index (χ4v) is 3.67. The van der Waals surface area contributed by atoms with Gasteiger partial charge < -0.3 is 9.72 Å². The number of nitrogens with zero attached hydrogens (tertiary/aromatic N) is 2. The predicted molar refractivity (Wildman–Crippen MR) is 105 cm³/mol. The van der Waals surface area contributed by atoms with Crippen molar-refractivity contribution < 1.29 is 9.53 Å². The van der Waals surface area contributed by atoms with Crippen molar-refractivity contribution in [2.45, 2.75) is 20.8 Å². The van der Waals surface area contributed by atoms with Gasteiger partial charge in [0.1, 0.15) is 16.2 Å². The number of carbonyl (C=O) groups excluding carboxylic acids is 1. The van der Waals surface area contributed by atoms with Crippen LogP contribution in [0, 0.1) is 25.2 Å². The molecule has 0 unspecified atom stereocenters. The third-order valence-corrected chi connectivity index (χ3v) is 5.24. The van der Waals surface area contributed by atoms with Crippen LogP contribution in [0.25, 0.3) is 21.9 Å². The van der Waals surface area contributed by atoms with Gasteiger partial charge in [-0.25, -0.2) is 9.78 Å². The van der Waals surface area contributed by atoms with E-state index >= 15 is 0 Å². The van der Waals surface area contributed by atoms with E-state index in [0.29, 0.717) is 21.3 Å². The van der Waals surface area contributed by atoms with Crippen molar-refractivity contribution in [1.29, 1.82) is 5.26 Å². The summed E-state index contributed by atoms with van der Waals surface area (Å²) in [5.41, 5.74) is 1.97. The number of rotatable bonds is 4. The molecule has 1 N–H and O–H groups in total. The van der Waals surface area contributed by atoms with Crippen molar-refractivity contribution in [1.82, 2.24) is 9.97 Å². The molecule has 3 aromatic rings. The number of fused-ring (bicyclic) bond motifs is 1. The molecule has 0 saturated heterocycles. The smallest absolute Gasteiger partial charge is 0.341 e. The van der Waals surface area contributed by atoms with Crippen molar-refractivity contribution >= 4 is 39.2 Å². The van der Waals surface area contributed by atoms with Gasteiger partial charge in [0, 0.05) is 4.88 Å². The Morgan fingerprint density at radius 3 is 2.67 bits per heavy atom. The standard InChI is InChI=1S/C20H17N3O3S/c1-4-26-20(25)15(9-13-5-7-14(10-21)8-6-13)17-22-18(24)16-11(2)12(3)27-19(16)23-17/h5-9H,4H2,1-3H3,(H,22,23,24)/b15-9-. The van der Waals surface area contributed by atoms with Gasteiger partial charge in [-0.2, -0.15) is 5.26 Å². The molecule has 2 heterocycles. The maximum absolute atomic E-state index is 12.6. The summed E-state index contributed by atoms with van der Waals surface area (Å²) in [6.45, 7) is 5.72. The number of aromatic nitrogens is 2. The largest absolute Gasteiger partial charge is 0.462 e. The van der Waals surface area contributed by atoms with Gasteiger partial charge in [-0.05, 0) is 50.1 Å². The SMILES string of the molecule is CCOC(=O)/C(=C\c1ccc(C#N)cc1)c1nc2sc(C)c(C)c2c(=O)[nH]1. The van der Waals surface area contributed by atoms with E-state index in [2.05, 4.69) is 9.97 Å². The Morgan fingerprint density at radius 1 is 1.33 bits per heavy atom. The van der Waals surface area contributed by atoms with Crippen molar-refractivity contribution in [2.24, 2.45) is 0 Å². The molecule has 2 aromatic heterocycles. The van der Waals surface area contributed by atoms with Crippen LogP contribution in [0.3, 0.4) is 0 Å². The topological polar surface area (TPSA) is 95.8 Å². The van der Waals surface area contributed by atoms with Crippen molar-refractivity contribution in [3.05, 3.63) is 62.0 Å². The Labute approximate surface area is 159 Å². The predicted octanol–water partition coefficient (Wildman–Crippen LogP) is 3.58. The second kappa shape index (κ2) is 7.56. The maximum atomic E-state index is 12.6. The quantitative estimate of drug-likeness (QED) is 0.552. The van der Waals surface area contributed by atoms with Crippen LogP contribution in [0.15, 0.2) is 29.1 Å². The van der Waals surface area contributed by atoms with E-state index in [9.17, 15) is 9.59 Å². The second-order valence-corrected chi connectivity index (χ2v) is 7.09. The molecule has 0 radical (unpaired) electrons. The number of thiophene rings is 1. The Kier molecular flexibility index (Phi) is 5.19. The van der Waals surface area contributed by atoms with E-state index in [0.717, 1.165) is 10.4 Å². The lowest BCUT2D eigenvalue weighted by Gasteiger charge is -2.07. The lowest BCUT2D eigenvalue weighted by atomic mass is 10.1. The zero-order chi connectivity index (χ0) is 19.6. The first kappa shape index (κ1) is 18.5. The van der Waals surface area contributed by atoms with Crippen LogP contribution in [0.1, 0.15) is 34.3 Å². The first-order valence-electron chi connectivity index (χ1n) is 8.34. The first-order valence-corrected chi connectivity index (χ1v) is 9.15. The summed E-state index contributed by atoms with van der Waals surface area (Å²) < 4.78 is 5.14. The number of aryl methyl sites for hydroxylation is 2. The van der Waals surface area contributed by atoms with Crippen LogP contribution in [0.5, 0.6) is 0 Å². The molecule has 1 aromatic carbocycles. The number of aromatic amines is 1. The van der Waals surface area contributed by atoms with Crippen LogP contribution in [-0.2, 0) is 9.53 Å². The minimum Gasteiger partial charge on any atom is -0.462 e. The lowest BCUT2D eigenvalue weighted by Crippen LogP contribution is -2.15. The molecule has 6 nitrogen and oxygen atoms in total. The highest BCUT2D eigenvalue weighted by atomic mass is 32.1. The van der Waals surface area contributed by atoms with Crippen molar-refractivity contribution in [3.8, 4) is 6.07 Å². The molecule has 136 valence electrons. The van der Waals surface area contributed by atoms with Crippen LogP contribution in [0.2, 0.25) is 0 Å². The van der Waals surface area contributed by atoms with Gasteiger partial charge in [0.25, 0.3) is 5.56 Å². The number of nitriles is 1. The number of ether oxygens (including phenoxy) is 1. The van der Waals surface area contributed by atoms with Gasteiger partial charge in [-0.15, -0.1) is 11.3 Å². The van der Waals surface area contributed by atoms with E-state index in [-0.39, 0.29) is 23.6 Å². The van der Waals surface area contributed by atoms with Gasteiger partial charge >= 0.3 is 5.97 Å². The third-order valence-electron chi connectivity index (χ3n) is 4.14. The number of hydrogen-bond donors (Lipinski definition) is 1. The maximum Gasteiger partial charge on any atom is 0.341 e. The van der Waals surface area contributed by atoms with Crippen LogP contribution < -0.4 is 5.56 Å². The van der Waals surface area contributed by atoms with Crippen molar-refractivity contribution in [3.63, 3.8) is 0 Å². The number of esters is 1. The molecule has 0 saturated carbocycles. The fourth-order valence-electron chi connectivity index (χ4n) is 2.64. The lowest BCUT2D eigenvalue weighted by molar-refractivity contribution is -0.136. The van der Waals surface area contributed by atoms with Crippen LogP contribution in [0.4, 0.5) is 0 Å². The Hall–Kier alpha value is -3.24. The van der Waals surface area contributed by atoms with Gasteiger partial charge in [0.2, 0.25) is 0 Å². The summed E-state index contributed by atoms with van der Waals surface area (Å²) in [6.07, 6.45) is 1.59. The third kappa shape index (κ3) is 3.66. The van der Waals surface area contributed by atoms with Crippen molar-refractivity contribution in [2.75, 3.05) is 6.61 Å². The Morgan fingerprint density at radius 2 is 2.04 bits per heavy atom. The monoisotopic (exact) mass is 379 g/mol. The van der Waals surface area contributed by atoms with Crippen LogP contribution >= 0.6 is 11.3 Å². The summed E-state index contributed by atoms with van der Waals surface area (Å²) in [7, 11) is 0. The molecular weight excluding hydrogens is 362 g/mol. The average Bonchev–Trinajstić information content (AvgIpc) is 2.94. The van der Waals surface area contributed by atoms with E-state index in [1.54, 1.807) is 37.3 Å². The zero-order valence-electron chi connectivity index (χ0n) is 15.1.